The summed E-state index contributed by atoms with van der Waals surface area (Å²) in [6.45, 7) is 0.609. The Hall–Kier alpha value is -2.23. The Morgan fingerprint density at radius 3 is 2.53 bits per heavy atom. The predicted octanol–water partition coefficient (Wildman–Crippen LogP) is 3.13. The number of hydrogen-bond donors (Lipinski definition) is 0. The van der Waals surface area contributed by atoms with Crippen LogP contribution in [0, 0.1) is 11.6 Å². The van der Waals surface area contributed by atoms with Gasteiger partial charge in [0.2, 0.25) is 0 Å². The largest absolute Gasteiger partial charge is 0.493 e. The van der Waals surface area contributed by atoms with Crippen LogP contribution in [0.25, 0.3) is 0 Å². The molecular formula is C15H10F2O2. The number of ketones is 1. The average Bonchev–Trinajstić information content (AvgIpc) is 2.88. The van der Waals surface area contributed by atoms with Gasteiger partial charge in [-0.3, -0.25) is 4.79 Å². The van der Waals surface area contributed by atoms with Gasteiger partial charge in [-0.25, -0.2) is 8.78 Å². The minimum atomic E-state index is -1.02. The van der Waals surface area contributed by atoms with Crippen LogP contribution in [-0.4, -0.2) is 12.4 Å². The monoisotopic (exact) mass is 260 g/mol. The maximum atomic E-state index is 13.1. The van der Waals surface area contributed by atoms with Crippen molar-refractivity contribution in [3.8, 4) is 5.75 Å². The van der Waals surface area contributed by atoms with Crippen molar-refractivity contribution in [1.82, 2.24) is 0 Å². The zero-order valence-electron chi connectivity index (χ0n) is 9.95. The number of halogens is 2. The van der Waals surface area contributed by atoms with Crippen molar-refractivity contribution < 1.29 is 18.3 Å². The molecule has 1 aliphatic heterocycles. The van der Waals surface area contributed by atoms with Gasteiger partial charge in [0.25, 0.3) is 0 Å². The Bertz CT molecular complexity index is 665. The molecule has 1 aliphatic rings. The molecule has 0 N–H and O–H groups in total. The summed E-state index contributed by atoms with van der Waals surface area (Å²) in [5.41, 5.74) is 1.56. The number of carbonyl (C=O) groups is 1. The van der Waals surface area contributed by atoms with E-state index in [0.29, 0.717) is 12.2 Å². The molecule has 3 rings (SSSR count). The Balaban J connectivity index is 1.97. The van der Waals surface area contributed by atoms with E-state index in [2.05, 4.69) is 0 Å². The van der Waals surface area contributed by atoms with Gasteiger partial charge in [0, 0.05) is 17.5 Å². The summed E-state index contributed by atoms with van der Waals surface area (Å²) < 4.78 is 31.3. The van der Waals surface area contributed by atoms with Crippen LogP contribution in [0.1, 0.15) is 21.5 Å². The second kappa shape index (κ2) is 4.46. The molecule has 0 atom stereocenters. The lowest BCUT2D eigenvalue weighted by Crippen LogP contribution is -2.03. The molecule has 2 aromatic rings. The van der Waals surface area contributed by atoms with Gasteiger partial charge in [0.1, 0.15) is 5.75 Å². The average molecular weight is 260 g/mol. The summed E-state index contributed by atoms with van der Waals surface area (Å²) in [5, 5.41) is 0. The highest BCUT2D eigenvalue weighted by atomic mass is 19.2. The van der Waals surface area contributed by atoms with E-state index < -0.39 is 11.6 Å². The number of ether oxygens (including phenoxy) is 1. The summed E-state index contributed by atoms with van der Waals surface area (Å²) >= 11 is 0. The Labute approximate surface area is 108 Å². The van der Waals surface area contributed by atoms with Crippen molar-refractivity contribution in [2.75, 3.05) is 6.61 Å². The number of fused-ring (bicyclic) bond motifs is 1. The first-order valence-electron chi connectivity index (χ1n) is 5.90. The fourth-order valence-electron chi connectivity index (χ4n) is 2.13. The van der Waals surface area contributed by atoms with Crippen LogP contribution in [-0.2, 0) is 6.42 Å². The number of benzene rings is 2. The van der Waals surface area contributed by atoms with Gasteiger partial charge >= 0.3 is 0 Å². The van der Waals surface area contributed by atoms with Crippen molar-refractivity contribution in [2.24, 2.45) is 0 Å². The fourth-order valence-corrected chi connectivity index (χ4v) is 2.13. The Morgan fingerprint density at radius 1 is 1.00 bits per heavy atom. The van der Waals surface area contributed by atoms with Crippen LogP contribution < -0.4 is 4.74 Å². The molecule has 0 bridgehead atoms. The molecule has 0 radical (unpaired) electrons. The van der Waals surface area contributed by atoms with E-state index in [0.717, 1.165) is 29.9 Å². The van der Waals surface area contributed by atoms with Gasteiger partial charge in [-0.2, -0.15) is 0 Å². The van der Waals surface area contributed by atoms with Crippen LogP contribution in [0.4, 0.5) is 8.78 Å². The molecule has 1 heterocycles. The maximum Gasteiger partial charge on any atom is 0.193 e. The third-order valence-corrected chi connectivity index (χ3v) is 3.13. The van der Waals surface area contributed by atoms with Crippen molar-refractivity contribution in [3.05, 3.63) is 64.7 Å². The zero-order chi connectivity index (χ0) is 13.4. The second-order valence-corrected chi connectivity index (χ2v) is 4.38. The van der Waals surface area contributed by atoms with Gasteiger partial charge < -0.3 is 4.74 Å². The second-order valence-electron chi connectivity index (χ2n) is 4.38. The molecule has 0 saturated carbocycles. The molecule has 96 valence electrons. The number of hydrogen-bond acceptors (Lipinski definition) is 2. The summed E-state index contributed by atoms with van der Waals surface area (Å²) in [6, 6.07) is 8.26. The van der Waals surface area contributed by atoms with Gasteiger partial charge in [-0.15, -0.1) is 0 Å². The minimum absolute atomic E-state index is 0.137. The van der Waals surface area contributed by atoms with E-state index in [9.17, 15) is 13.6 Å². The smallest absolute Gasteiger partial charge is 0.193 e. The predicted molar refractivity (Wildman–Crippen MR) is 65.4 cm³/mol. The van der Waals surface area contributed by atoms with Crippen LogP contribution in [0.3, 0.4) is 0 Å². The quantitative estimate of drug-likeness (QED) is 0.775. The highest BCUT2D eigenvalue weighted by Gasteiger charge is 2.17. The van der Waals surface area contributed by atoms with Crippen molar-refractivity contribution in [2.45, 2.75) is 6.42 Å². The minimum Gasteiger partial charge on any atom is -0.493 e. The molecule has 2 aromatic carbocycles. The third kappa shape index (κ3) is 2.10. The van der Waals surface area contributed by atoms with Crippen molar-refractivity contribution >= 4 is 5.78 Å². The van der Waals surface area contributed by atoms with E-state index in [1.54, 1.807) is 18.2 Å². The van der Waals surface area contributed by atoms with E-state index >= 15 is 0 Å². The zero-order valence-corrected chi connectivity index (χ0v) is 9.95. The normalized spacial score (nSPS) is 12.9. The van der Waals surface area contributed by atoms with Crippen LogP contribution in [0.15, 0.2) is 36.4 Å². The van der Waals surface area contributed by atoms with Crippen molar-refractivity contribution in [1.29, 1.82) is 0 Å². The molecular weight excluding hydrogens is 250 g/mol. The fraction of sp³-hybridized carbons (Fsp3) is 0.133. The molecule has 2 nitrogen and oxygen atoms in total. The maximum absolute atomic E-state index is 13.1. The molecule has 19 heavy (non-hydrogen) atoms. The number of rotatable bonds is 2. The first-order chi connectivity index (χ1) is 9.15. The summed E-state index contributed by atoms with van der Waals surface area (Å²) in [7, 11) is 0. The molecule has 0 unspecified atom stereocenters. The first-order valence-corrected chi connectivity index (χ1v) is 5.90. The highest BCUT2D eigenvalue weighted by Crippen LogP contribution is 2.27. The Kier molecular flexibility index (Phi) is 2.78. The third-order valence-electron chi connectivity index (χ3n) is 3.13. The van der Waals surface area contributed by atoms with Gasteiger partial charge in [0.15, 0.2) is 17.4 Å². The molecule has 0 aliphatic carbocycles. The van der Waals surface area contributed by atoms with Gasteiger partial charge in [0.05, 0.1) is 6.61 Å². The van der Waals surface area contributed by atoms with E-state index in [1.165, 1.54) is 6.07 Å². The highest BCUT2D eigenvalue weighted by molar-refractivity contribution is 6.09. The molecule has 0 spiro atoms. The molecule has 0 aromatic heterocycles. The summed E-state index contributed by atoms with van der Waals surface area (Å²) in [5.74, 6) is -1.52. The molecule has 0 amide bonds. The summed E-state index contributed by atoms with van der Waals surface area (Å²) in [6.07, 6.45) is 0.758. The first kappa shape index (κ1) is 11.8. The van der Waals surface area contributed by atoms with Crippen LogP contribution in [0.5, 0.6) is 5.75 Å². The van der Waals surface area contributed by atoms with E-state index in [4.69, 9.17) is 4.74 Å². The lowest BCUT2D eigenvalue weighted by Gasteiger charge is -2.04. The van der Waals surface area contributed by atoms with Gasteiger partial charge in [-0.05, 0) is 42.0 Å². The van der Waals surface area contributed by atoms with Crippen LogP contribution in [0.2, 0.25) is 0 Å². The van der Waals surface area contributed by atoms with E-state index in [1.807, 2.05) is 0 Å². The lowest BCUT2D eigenvalue weighted by molar-refractivity contribution is 0.103. The Morgan fingerprint density at radius 2 is 1.74 bits per heavy atom. The summed E-state index contributed by atoms with van der Waals surface area (Å²) in [4.78, 5) is 12.2. The molecule has 4 heteroatoms. The van der Waals surface area contributed by atoms with E-state index in [-0.39, 0.29) is 11.3 Å². The standard InChI is InChI=1S/C15H10F2O2/c16-12-3-1-11(8-13(12)17)15(18)10-2-4-14-9(7-10)5-6-19-14/h1-4,7-8H,5-6H2. The SMILES string of the molecule is O=C(c1ccc(F)c(F)c1)c1ccc2c(c1)CCO2. The molecule has 0 saturated heterocycles. The lowest BCUT2D eigenvalue weighted by atomic mass is 10.0. The molecule has 0 fully saturated rings. The van der Waals surface area contributed by atoms with Crippen molar-refractivity contribution in [3.63, 3.8) is 0 Å². The topological polar surface area (TPSA) is 26.3 Å². The van der Waals surface area contributed by atoms with Gasteiger partial charge in [-0.1, -0.05) is 0 Å². The number of carbonyl (C=O) groups excluding carboxylic acids is 1. The van der Waals surface area contributed by atoms with Crippen LogP contribution >= 0.6 is 0 Å².